The number of aromatic nitrogens is 4. The SMILES string of the molecule is CC(C)(C)OC(=O)Nc1cc2nc(-c3ccccc3)cn2cc1Br.CC(C)(C)OC(=O)Nc1cc2nc(-c3ccccc3)cn2cc1C1CC1. The zero-order valence-corrected chi connectivity index (χ0v) is 30.6. The van der Waals surface area contributed by atoms with Crippen LogP contribution in [0.3, 0.4) is 0 Å². The molecule has 0 unspecified atom stereocenters. The van der Waals surface area contributed by atoms with E-state index >= 15 is 0 Å². The van der Waals surface area contributed by atoms with Crippen molar-refractivity contribution in [2.24, 2.45) is 0 Å². The molecule has 0 saturated heterocycles. The van der Waals surface area contributed by atoms with Crippen molar-refractivity contribution >= 4 is 50.8 Å². The van der Waals surface area contributed by atoms with E-state index in [2.05, 4.69) is 37.7 Å². The minimum atomic E-state index is -0.547. The number of hydrogen-bond acceptors (Lipinski definition) is 6. The maximum absolute atomic E-state index is 12.2. The van der Waals surface area contributed by atoms with Gasteiger partial charge in [-0.15, -0.1) is 0 Å². The van der Waals surface area contributed by atoms with Gasteiger partial charge in [0.2, 0.25) is 0 Å². The monoisotopic (exact) mass is 736 g/mol. The van der Waals surface area contributed by atoms with E-state index in [1.165, 1.54) is 0 Å². The van der Waals surface area contributed by atoms with Crippen molar-refractivity contribution in [2.45, 2.75) is 71.5 Å². The van der Waals surface area contributed by atoms with Gasteiger partial charge in [0.15, 0.2) is 0 Å². The molecule has 1 saturated carbocycles. The standard InChI is InChI=1S/C21H23N3O2.C18H18BrN3O2/c1-21(2,3)26-20(25)23-17-11-19-22-18(15-7-5-4-6-8-15)13-24(19)12-16(17)14-9-10-14;1-18(2,3)24-17(23)21-14-9-16-20-15(11-22(16)10-13(14)19)12-7-5-4-6-8-12/h4-8,11-14H,9-10H2,1-3H3,(H,23,25);4-11H,1-3H3,(H,21,23). The number of ether oxygens (including phenoxy) is 2. The summed E-state index contributed by atoms with van der Waals surface area (Å²) < 4.78 is 15.4. The summed E-state index contributed by atoms with van der Waals surface area (Å²) in [4.78, 5) is 33.5. The third-order valence-electron chi connectivity index (χ3n) is 7.60. The number of rotatable bonds is 5. The van der Waals surface area contributed by atoms with Crippen molar-refractivity contribution < 1.29 is 19.1 Å². The number of halogens is 1. The Balaban J connectivity index is 0.000000174. The van der Waals surface area contributed by atoms with Gasteiger partial charge in [0.05, 0.1) is 27.2 Å². The number of pyridine rings is 2. The van der Waals surface area contributed by atoms with E-state index in [1.54, 1.807) is 6.07 Å². The van der Waals surface area contributed by atoms with Crippen LogP contribution in [0, 0.1) is 0 Å². The molecule has 2 amide bonds. The molecule has 0 spiro atoms. The first kappa shape index (κ1) is 34.7. The van der Waals surface area contributed by atoms with Gasteiger partial charge < -0.3 is 18.3 Å². The van der Waals surface area contributed by atoms with Crippen LogP contribution < -0.4 is 10.6 Å². The second-order valence-corrected chi connectivity index (χ2v) is 15.1. The molecular weight excluding hydrogens is 696 g/mol. The molecule has 0 atom stereocenters. The van der Waals surface area contributed by atoms with Crippen LogP contribution >= 0.6 is 15.9 Å². The second kappa shape index (κ2) is 14.0. The van der Waals surface area contributed by atoms with Crippen LogP contribution in [0.5, 0.6) is 0 Å². The molecule has 0 radical (unpaired) electrons. The van der Waals surface area contributed by atoms with Crippen LogP contribution in [0.2, 0.25) is 0 Å². The molecule has 0 bridgehead atoms. The van der Waals surface area contributed by atoms with Gasteiger partial charge in [0.1, 0.15) is 22.5 Å². The van der Waals surface area contributed by atoms with E-state index in [0.29, 0.717) is 11.6 Å². The Morgan fingerprint density at radius 3 is 1.58 bits per heavy atom. The van der Waals surface area contributed by atoms with Crippen LogP contribution in [0.1, 0.15) is 65.9 Å². The summed E-state index contributed by atoms with van der Waals surface area (Å²) in [7, 11) is 0. The number of anilines is 2. The summed E-state index contributed by atoms with van der Waals surface area (Å²) in [6.07, 6.45) is 9.30. The van der Waals surface area contributed by atoms with Gasteiger partial charge in [-0.25, -0.2) is 19.6 Å². The molecule has 1 fully saturated rings. The largest absolute Gasteiger partial charge is 0.444 e. The lowest BCUT2D eigenvalue weighted by Gasteiger charge is -2.20. The van der Waals surface area contributed by atoms with E-state index in [-0.39, 0.29) is 0 Å². The highest BCUT2D eigenvalue weighted by Gasteiger charge is 2.28. The van der Waals surface area contributed by atoms with Gasteiger partial charge in [-0.3, -0.25) is 10.6 Å². The van der Waals surface area contributed by atoms with Gasteiger partial charge >= 0.3 is 12.2 Å². The molecule has 2 N–H and O–H groups in total. The maximum Gasteiger partial charge on any atom is 0.412 e. The minimum absolute atomic E-state index is 0.432. The number of amides is 2. The topological polar surface area (TPSA) is 111 Å². The highest BCUT2D eigenvalue weighted by atomic mass is 79.9. The Hall–Kier alpha value is -5.16. The molecule has 258 valence electrons. The molecule has 2 aromatic carbocycles. The first-order valence-electron chi connectivity index (χ1n) is 16.5. The fourth-order valence-corrected chi connectivity index (χ4v) is 5.74. The summed E-state index contributed by atoms with van der Waals surface area (Å²) in [5.74, 6) is 0.493. The van der Waals surface area contributed by atoms with Crippen LogP contribution in [-0.4, -0.2) is 42.2 Å². The fourth-order valence-electron chi connectivity index (χ4n) is 5.30. The lowest BCUT2D eigenvalue weighted by molar-refractivity contribution is 0.0624. The molecule has 1 aliphatic rings. The lowest BCUT2D eigenvalue weighted by atomic mass is 10.1. The van der Waals surface area contributed by atoms with Crippen molar-refractivity contribution in [3.8, 4) is 22.5 Å². The molecular formula is C39H41BrN6O4. The van der Waals surface area contributed by atoms with Crippen molar-refractivity contribution in [3.63, 3.8) is 0 Å². The Labute approximate surface area is 300 Å². The number of fused-ring (bicyclic) bond motifs is 2. The second-order valence-electron chi connectivity index (χ2n) is 14.2. The molecule has 11 heteroatoms. The molecule has 0 aliphatic heterocycles. The zero-order valence-electron chi connectivity index (χ0n) is 29.0. The molecule has 50 heavy (non-hydrogen) atoms. The van der Waals surface area contributed by atoms with Gasteiger partial charge in [-0.05, 0) is 81.8 Å². The first-order chi connectivity index (χ1) is 23.7. The van der Waals surface area contributed by atoms with E-state index in [0.717, 1.165) is 62.4 Å². The van der Waals surface area contributed by atoms with E-state index in [9.17, 15) is 9.59 Å². The maximum atomic E-state index is 12.2. The smallest absolute Gasteiger partial charge is 0.412 e. The van der Waals surface area contributed by atoms with Crippen molar-refractivity contribution in [1.29, 1.82) is 0 Å². The highest BCUT2D eigenvalue weighted by molar-refractivity contribution is 9.10. The molecule has 6 aromatic rings. The van der Waals surface area contributed by atoms with Crippen molar-refractivity contribution in [2.75, 3.05) is 10.6 Å². The first-order valence-corrected chi connectivity index (χ1v) is 17.3. The average molecular weight is 738 g/mol. The number of hydrogen-bond donors (Lipinski definition) is 2. The van der Waals surface area contributed by atoms with Crippen molar-refractivity contribution in [3.05, 3.63) is 108 Å². The molecule has 4 heterocycles. The normalized spacial score (nSPS) is 13.0. The van der Waals surface area contributed by atoms with Crippen LogP contribution in [0.15, 0.2) is 102 Å². The average Bonchev–Trinajstić information content (AvgIpc) is 3.67. The van der Waals surface area contributed by atoms with Gasteiger partial charge in [0, 0.05) is 48.0 Å². The van der Waals surface area contributed by atoms with E-state index in [1.807, 2.05) is 136 Å². The molecule has 10 nitrogen and oxygen atoms in total. The zero-order chi connectivity index (χ0) is 35.6. The van der Waals surface area contributed by atoms with Gasteiger partial charge in [-0.2, -0.15) is 0 Å². The van der Waals surface area contributed by atoms with E-state index in [4.69, 9.17) is 14.5 Å². The summed E-state index contributed by atoms with van der Waals surface area (Å²) in [5, 5.41) is 5.66. The van der Waals surface area contributed by atoms with Crippen LogP contribution in [-0.2, 0) is 9.47 Å². The summed E-state index contributed by atoms with van der Waals surface area (Å²) in [5.41, 5.74) is 6.92. The summed E-state index contributed by atoms with van der Waals surface area (Å²) >= 11 is 3.47. The van der Waals surface area contributed by atoms with Crippen LogP contribution in [0.4, 0.5) is 21.0 Å². The van der Waals surface area contributed by atoms with Crippen LogP contribution in [0.25, 0.3) is 33.8 Å². The Kier molecular flexibility index (Phi) is 9.71. The van der Waals surface area contributed by atoms with Gasteiger partial charge in [0.25, 0.3) is 0 Å². The number of nitrogens with one attached hydrogen (secondary N) is 2. The molecule has 1 aliphatic carbocycles. The summed E-state index contributed by atoms with van der Waals surface area (Å²) in [6, 6.07) is 23.8. The highest BCUT2D eigenvalue weighted by Crippen LogP contribution is 2.44. The predicted octanol–water partition coefficient (Wildman–Crippen LogP) is 10.3. The van der Waals surface area contributed by atoms with E-state index < -0.39 is 23.4 Å². The van der Waals surface area contributed by atoms with Crippen molar-refractivity contribution in [1.82, 2.24) is 18.8 Å². The summed E-state index contributed by atoms with van der Waals surface area (Å²) in [6.45, 7) is 11.1. The molecule has 4 aromatic heterocycles. The third kappa shape index (κ3) is 8.89. The minimum Gasteiger partial charge on any atom is -0.444 e. The Bertz CT molecular complexity index is 2140. The fraction of sp³-hybridized carbons (Fsp3) is 0.282. The van der Waals surface area contributed by atoms with Gasteiger partial charge in [-0.1, -0.05) is 60.7 Å². The number of nitrogens with zero attached hydrogens (tertiary/aromatic N) is 4. The number of carbonyl (C=O) groups is 2. The predicted molar refractivity (Wildman–Crippen MR) is 201 cm³/mol. The number of carbonyl (C=O) groups excluding carboxylic acids is 2. The lowest BCUT2D eigenvalue weighted by Crippen LogP contribution is -2.27. The Morgan fingerprint density at radius 1 is 0.680 bits per heavy atom. The molecule has 7 rings (SSSR count). The Morgan fingerprint density at radius 2 is 1.12 bits per heavy atom. The quantitative estimate of drug-likeness (QED) is 0.182. The number of benzene rings is 2. The number of imidazole rings is 2. The third-order valence-corrected chi connectivity index (χ3v) is 8.23.